The second-order valence-electron chi connectivity index (χ2n) is 7.46. The Kier molecular flexibility index (Phi) is 6.05. The van der Waals surface area contributed by atoms with Crippen LogP contribution < -0.4 is 0 Å². The molecule has 1 saturated heterocycles. The van der Waals surface area contributed by atoms with Crippen molar-refractivity contribution in [2.24, 2.45) is 5.41 Å². The van der Waals surface area contributed by atoms with Gasteiger partial charge in [0, 0.05) is 0 Å². The number of benzene rings is 1. The van der Waals surface area contributed by atoms with Crippen molar-refractivity contribution in [1.29, 1.82) is 0 Å². The first kappa shape index (κ1) is 19.7. The predicted molar refractivity (Wildman–Crippen MR) is 88.9 cm³/mol. The number of rotatable bonds is 4. The molecular weight excluding hydrogens is 328 g/mol. The van der Waals surface area contributed by atoms with Crippen LogP contribution in [0.5, 0.6) is 5.75 Å². The Morgan fingerprint density at radius 2 is 1.68 bits per heavy atom. The monoisotopic (exact) mass is 354 g/mol. The molecule has 1 aromatic rings. The van der Waals surface area contributed by atoms with Crippen LogP contribution in [-0.2, 0) is 20.7 Å². The Balaban J connectivity index is 1.94. The molecule has 5 atom stereocenters. The van der Waals surface area contributed by atoms with E-state index in [1.165, 1.54) is 12.1 Å². The van der Waals surface area contributed by atoms with Crippen molar-refractivity contribution in [3.63, 3.8) is 0 Å². The lowest BCUT2D eigenvalue weighted by molar-refractivity contribution is -0.252. The Labute approximate surface area is 146 Å². The van der Waals surface area contributed by atoms with E-state index in [0.717, 1.165) is 0 Å². The molecule has 0 aromatic heterocycles. The van der Waals surface area contributed by atoms with Crippen LogP contribution in [0.3, 0.4) is 0 Å². The topological polar surface area (TPSA) is 116 Å². The van der Waals surface area contributed by atoms with E-state index in [1.807, 2.05) is 20.8 Å². The molecule has 0 aliphatic carbocycles. The van der Waals surface area contributed by atoms with Crippen LogP contribution in [0.1, 0.15) is 26.3 Å². The van der Waals surface area contributed by atoms with Gasteiger partial charge in [-0.05, 0) is 23.1 Å². The summed E-state index contributed by atoms with van der Waals surface area (Å²) in [6, 6.07) is 6.17. The van der Waals surface area contributed by atoms with Gasteiger partial charge in [-0.1, -0.05) is 32.9 Å². The van der Waals surface area contributed by atoms with Gasteiger partial charge in [-0.25, -0.2) is 0 Å². The Bertz CT molecular complexity index is 578. The molecule has 4 N–H and O–H groups in total. The van der Waals surface area contributed by atoms with Crippen LogP contribution in [0.25, 0.3) is 0 Å². The number of ether oxygens (including phenoxy) is 2. The molecule has 0 bridgehead atoms. The minimum atomic E-state index is -1.38. The molecule has 25 heavy (non-hydrogen) atoms. The van der Waals surface area contributed by atoms with Crippen molar-refractivity contribution in [2.45, 2.75) is 57.7 Å². The molecule has 1 aliphatic rings. The van der Waals surface area contributed by atoms with Crippen LogP contribution in [-0.4, -0.2) is 63.5 Å². The molecule has 5 unspecified atom stereocenters. The van der Waals surface area contributed by atoms with Gasteiger partial charge in [0.05, 0.1) is 12.5 Å². The molecule has 0 saturated carbocycles. The van der Waals surface area contributed by atoms with E-state index in [9.17, 15) is 25.2 Å². The number of phenols is 1. The van der Waals surface area contributed by atoms with E-state index < -0.39 is 41.9 Å². The summed E-state index contributed by atoms with van der Waals surface area (Å²) < 4.78 is 10.8. The fourth-order valence-electron chi connectivity index (χ4n) is 2.81. The fourth-order valence-corrected chi connectivity index (χ4v) is 2.81. The smallest absolute Gasteiger partial charge is 0.310 e. The van der Waals surface area contributed by atoms with Crippen molar-refractivity contribution < 1.29 is 34.7 Å². The van der Waals surface area contributed by atoms with Crippen molar-refractivity contribution in [3.8, 4) is 5.75 Å². The highest BCUT2D eigenvalue weighted by Gasteiger charge is 2.48. The van der Waals surface area contributed by atoms with Crippen molar-refractivity contribution in [2.75, 3.05) is 6.61 Å². The molecule has 0 spiro atoms. The third-order valence-corrected chi connectivity index (χ3v) is 4.26. The van der Waals surface area contributed by atoms with Crippen LogP contribution in [0.4, 0.5) is 0 Å². The first-order chi connectivity index (χ1) is 11.6. The molecule has 0 radical (unpaired) electrons. The van der Waals surface area contributed by atoms with E-state index in [1.54, 1.807) is 12.1 Å². The summed E-state index contributed by atoms with van der Waals surface area (Å²) in [6.45, 7) is 5.31. The van der Waals surface area contributed by atoms with E-state index in [2.05, 4.69) is 0 Å². The zero-order valence-electron chi connectivity index (χ0n) is 14.6. The molecule has 1 fully saturated rings. The van der Waals surface area contributed by atoms with Gasteiger partial charge in [0.1, 0.15) is 36.8 Å². The van der Waals surface area contributed by atoms with Crippen molar-refractivity contribution >= 4 is 5.97 Å². The molecule has 1 heterocycles. The highest BCUT2D eigenvalue weighted by Crippen LogP contribution is 2.33. The third-order valence-electron chi connectivity index (χ3n) is 4.26. The maximum Gasteiger partial charge on any atom is 0.310 e. The lowest BCUT2D eigenvalue weighted by Crippen LogP contribution is -2.61. The van der Waals surface area contributed by atoms with Crippen molar-refractivity contribution in [3.05, 3.63) is 29.8 Å². The second kappa shape index (κ2) is 7.70. The number of aliphatic hydroxyl groups excluding tert-OH is 3. The zero-order valence-corrected chi connectivity index (χ0v) is 14.6. The first-order valence-corrected chi connectivity index (χ1v) is 8.23. The van der Waals surface area contributed by atoms with Crippen LogP contribution in [0.2, 0.25) is 0 Å². The Hall–Kier alpha value is -1.67. The van der Waals surface area contributed by atoms with Gasteiger partial charge in [-0.2, -0.15) is 0 Å². The third kappa shape index (κ3) is 4.92. The molecule has 7 nitrogen and oxygen atoms in total. The minimum Gasteiger partial charge on any atom is -0.508 e. The minimum absolute atomic E-state index is 0.0109. The quantitative estimate of drug-likeness (QED) is 0.577. The summed E-state index contributed by atoms with van der Waals surface area (Å²) in [7, 11) is 0. The molecular formula is C18H26O7. The maximum absolute atomic E-state index is 11.9. The van der Waals surface area contributed by atoms with Gasteiger partial charge in [-0.3, -0.25) is 4.79 Å². The van der Waals surface area contributed by atoms with Crippen molar-refractivity contribution in [1.82, 2.24) is 0 Å². The Morgan fingerprint density at radius 3 is 2.24 bits per heavy atom. The van der Waals surface area contributed by atoms with Crippen LogP contribution in [0.15, 0.2) is 24.3 Å². The molecule has 7 heteroatoms. The summed E-state index contributed by atoms with van der Waals surface area (Å²) in [6.07, 6.45) is -5.57. The van der Waals surface area contributed by atoms with E-state index in [0.29, 0.717) is 5.56 Å². The lowest BCUT2D eigenvalue weighted by Gasteiger charge is -2.45. The summed E-state index contributed by atoms with van der Waals surface area (Å²) in [5, 5.41) is 39.4. The lowest BCUT2D eigenvalue weighted by atomic mass is 9.80. The van der Waals surface area contributed by atoms with Gasteiger partial charge in [0.15, 0.2) is 0 Å². The summed E-state index contributed by atoms with van der Waals surface area (Å²) in [5.74, 6) is -0.411. The average Bonchev–Trinajstić information content (AvgIpc) is 2.53. The summed E-state index contributed by atoms with van der Waals surface area (Å²) >= 11 is 0. The molecule has 2 rings (SSSR count). The van der Waals surface area contributed by atoms with Gasteiger partial charge in [0.2, 0.25) is 0 Å². The largest absolute Gasteiger partial charge is 0.508 e. The van der Waals surface area contributed by atoms with Gasteiger partial charge >= 0.3 is 5.97 Å². The number of carbonyl (C=O) groups is 1. The van der Waals surface area contributed by atoms with E-state index in [-0.39, 0.29) is 18.8 Å². The summed E-state index contributed by atoms with van der Waals surface area (Å²) in [4.78, 5) is 11.9. The highest BCUT2D eigenvalue weighted by atomic mass is 16.6. The van der Waals surface area contributed by atoms with Gasteiger partial charge < -0.3 is 29.9 Å². The number of esters is 1. The van der Waals surface area contributed by atoms with Gasteiger partial charge in [-0.15, -0.1) is 0 Å². The normalized spacial score (nSPS) is 30.1. The first-order valence-electron chi connectivity index (χ1n) is 8.23. The molecule has 1 aromatic carbocycles. The van der Waals surface area contributed by atoms with Crippen LogP contribution >= 0.6 is 0 Å². The van der Waals surface area contributed by atoms with E-state index >= 15 is 0 Å². The maximum atomic E-state index is 11.9. The number of hydrogen-bond acceptors (Lipinski definition) is 7. The number of aromatic hydroxyl groups is 1. The number of aliphatic hydroxyl groups is 3. The highest BCUT2D eigenvalue weighted by molar-refractivity contribution is 5.72. The Morgan fingerprint density at radius 1 is 1.08 bits per heavy atom. The number of hydrogen-bond donors (Lipinski definition) is 4. The fraction of sp³-hybridized carbons (Fsp3) is 0.611. The molecule has 140 valence electrons. The number of carbonyl (C=O) groups excluding carboxylic acids is 1. The van der Waals surface area contributed by atoms with Crippen LogP contribution in [0, 0.1) is 5.41 Å². The average molecular weight is 354 g/mol. The number of phenolic OH excluding ortho intramolecular Hbond substituents is 1. The SMILES string of the molecule is CC(C)(C)C1OC(COC(=O)Cc2ccc(O)cc2)C(O)C(O)C1O. The molecule has 0 amide bonds. The summed E-state index contributed by atoms with van der Waals surface area (Å²) in [5.41, 5.74) is 0.213. The van der Waals surface area contributed by atoms with Gasteiger partial charge in [0.25, 0.3) is 0 Å². The molecule has 1 aliphatic heterocycles. The van der Waals surface area contributed by atoms with E-state index in [4.69, 9.17) is 9.47 Å². The zero-order chi connectivity index (χ0) is 18.8. The standard InChI is InChI=1S/C18H26O7/c1-18(2,3)17-16(23)15(22)14(21)12(25-17)9-24-13(20)8-10-4-6-11(19)7-5-10/h4-7,12,14-17,19,21-23H,8-9H2,1-3H3. The predicted octanol–water partition coefficient (Wildman–Crippen LogP) is 0.374. The second-order valence-corrected chi connectivity index (χ2v) is 7.46.